The van der Waals surface area contributed by atoms with Crippen LogP contribution < -0.4 is 10.6 Å². The van der Waals surface area contributed by atoms with E-state index >= 15 is 0 Å². The van der Waals surface area contributed by atoms with E-state index in [-0.39, 0.29) is 11.3 Å². The Labute approximate surface area is 176 Å². The van der Waals surface area contributed by atoms with Crippen molar-refractivity contribution in [1.82, 2.24) is 5.32 Å². The number of nitriles is 1. The number of fused-ring (bicyclic) bond motifs is 1. The number of carbonyl (C=O) groups excluding carboxylic acids is 1. The van der Waals surface area contributed by atoms with Crippen LogP contribution in [0.3, 0.4) is 0 Å². The fourth-order valence-electron chi connectivity index (χ4n) is 6.72. The van der Waals surface area contributed by atoms with Crippen LogP contribution in [0.4, 0.5) is 5.00 Å². The molecule has 0 aromatic carbocycles. The lowest BCUT2D eigenvalue weighted by molar-refractivity contribution is -0.144. The van der Waals surface area contributed by atoms with Gasteiger partial charge in [-0.2, -0.15) is 5.26 Å². The Morgan fingerprint density at radius 1 is 1.21 bits per heavy atom. The van der Waals surface area contributed by atoms with Gasteiger partial charge in [0.05, 0.1) is 11.0 Å². The van der Waals surface area contributed by atoms with Gasteiger partial charge < -0.3 is 10.6 Å². The maximum Gasteiger partial charge on any atom is 0.232 e. The Kier molecular flexibility index (Phi) is 4.52. The number of rotatable bonds is 2. The Bertz CT molecular complexity index is 846. The number of hydrogen-bond donors (Lipinski definition) is 2. The van der Waals surface area contributed by atoms with Crippen molar-refractivity contribution in [3.63, 3.8) is 0 Å². The molecule has 0 radical (unpaired) electrons. The average molecular weight is 414 g/mol. The molecule has 1 atom stereocenters. The molecule has 4 fully saturated rings. The third-order valence-electron chi connectivity index (χ3n) is 7.60. The summed E-state index contributed by atoms with van der Waals surface area (Å²) in [6, 6.07) is 2.36. The molecule has 0 saturated heterocycles. The second-order valence-corrected chi connectivity index (χ2v) is 11.3. The minimum absolute atomic E-state index is 0.109. The zero-order valence-electron chi connectivity index (χ0n) is 16.3. The molecule has 6 rings (SSSR count). The smallest absolute Gasteiger partial charge is 0.232 e. The highest BCUT2D eigenvalue weighted by molar-refractivity contribution is 7.80. The summed E-state index contributed by atoms with van der Waals surface area (Å²) in [7, 11) is 0. The minimum Gasteiger partial charge on any atom is -0.323 e. The molecular formula is C22H27N3OS2. The van der Waals surface area contributed by atoms with Crippen molar-refractivity contribution in [2.24, 2.45) is 29.1 Å². The number of hydrogen-bond acceptors (Lipinski definition) is 4. The molecule has 5 aliphatic rings. The van der Waals surface area contributed by atoms with Gasteiger partial charge in [0.15, 0.2) is 5.11 Å². The highest BCUT2D eigenvalue weighted by atomic mass is 32.1. The lowest BCUT2D eigenvalue weighted by Crippen LogP contribution is -2.55. The Balaban J connectivity index is 1.30. The highest BCUT2D eigenvalue weighted by Gasteiger charge is 2.54. The Morgan fingerprint density at radius 2 is 1.86 bits per heavy atom. The summed E-state index contributed by atoms with van der Waals surface area (Å²) in [4.78, 5) is 14.5. The number of amides is 1. The quantitative estimate of drug-likeness (QED) is 0.685. The first kappa shape index (κ1) is 18.6. The van der Waals surface area contributed by atoms with E-state index in [4.69, 9.17) is 12.2 Å². The number of thiophene rings is 1. The van der Waals surface area contributed by atoms with Crippen molar-refractivity contribution in [2.45, 2.75) is 64.7 Å². The van der Waals surface area contributed by atoms with Gasteiger partial charge in [0, 0.05) is 4.88 Å². The van der Waals surface area contributed by atoms with Gasteiger partial charge in [-0.3, -0.25) is 4.79 Å². The summed E-state index contributed by atoms with van der Waals surface area (Å²) in [6.07, 6.45) is 10.2. The van der Waals surface area contributed by atoms with E-state index in [1.807, 2.05) is 0 Å². The van der Waals surface area contributed by atoms with Crippen molar-refractivity contribution in [3.8, 4) is 6.07 Å². The van der Waals surface area contributed by atoms with Crippen molar-refractivity contribution in [3.05, 3.63) is 16.0 Å². The van der Waals surface area contributed by atoms with Crippen molar-refractivity contribution < 1.29 is 4.79 Å². The molecule has 0 spiro atoms. The fraction of sp³-hybridized carbons (Fsp3) is 0.682. The van der Waals surface area contributed by atoms with Gasteiger partial charge in [-0.15, -0.1) is 11.3 Å². The predicted octanol–water partition coefficient (Wildman–Crippen LogP) is 4.77. The minimum atomic E-state index is -0.206. The normalized spacial score (nSPS) is 35.1. The van der Waals surface area contributed by atoms with E-state index in [1.165, 1.54) is 29.7 Å². The molecule has 0 aliphatic heterocycles. The molecule has 28 heavy (non-hydrogen) atoms. The molecule has 5 aliphatic carbocycles. The van der Waals surface area contributed by atoms with E-state index in [2.05, 4.69) is 23.6 Å². The fourth-order valence-corrected chi connectivity index (χ4v) is 8.34. The number of nitrogens with zero attached hydrogens (tertiary/aromatic N) is 1. The van der Waals surface area contributed by atoms with Crippen LogP contribution in [0.5, 0.6) is 0 Å². The monoisotopic (exact) mass is 413 g/mol. The average Bonchev–Trinajstić information content (AvgIpc) is 2.96. The van der Waals surface area contributed by atoms with Crippen molar-refractivity contribution >= 4 is 39.6 Å². The summed E-state index contributed by atoms with van der Waals surface area (Å²) in [5, 5.41) is 17.0. The molecule has 1 aromatic heterocycles. The number of carbonyl (C=O) groups is 1. The van der Waals surface area contributed by atoms with Crippen LogP contribution in [-0.2, 0) is 17.6 Å². The summed E-state index contributed by atoms with van der Waals surface area (Å²) < 4.78 is 0. The molecule has 4 nitrogen and oxygen atoms in total. The lowest BCUT2D eigenvalue weighted by Gasteiger charge is -2.55. The van der Waals surface area contributed by atoms with Crippen LogP contribution in [0.15, 0.2) is 0 Å². The lowest BCUT2D eigenvalue weighted by atomic mass is 9.49. The third kappa shape index (κ3) is 3.07. The van der Waals surface area contributed by atoms with Crippen LogP contribution in [0.2, 0.25) is 0 Å². The van der Waals surface area contributed by atoms with Crippen LogP contribution in [0.1, 0.15) is 67.9 Å². The highest BCUT2D eigenvalue weighted by Crippen LogP contribution is 2.60. The first-order valence-corrected chi connectivity index (χ1v) is 11.9. The molecule has 1 aromatic rings. The summed E-state index contributed by atoms with van der Waals surface area (Å²) in [5.74, 6) is 2.96. The number of anilines is 1. The molecule has 1 amide bonds. The first-order chi connectivity index (χ1) is 13.5. The van der Waals surface area contributed by atoms with Gasteiger partial charge in [0.2, 0.25) is 5.91 Å². The SMILES string of the molecule is C[C@H]1CCc2c(sc(NC(=S)NC(=O)C34CC5CC(CC(C5)C3)C4)c2C#N)C1. The van der Waals surface area contributed by atoms with Gasteiger partial charge in [-0.05, 0) is 99.2 Å². The molecule has 2 N–H and O–H groups in total. The zero-order valence-corrected chi connectivity index (χ0v) is 18.0. The topological polar surface area (TPSA) is 64.9 Å². The second kappa shape index (κ2) is 6.81. The molecule has 0 unspecified atom stereocenters. The predicted molar refractivity (Wildman–Crippen MR) is 115 cm³/mol. The largest absolute Gasteiger partial charge is 0.323 e. The van der Waals surface area contributed by atoms with Gasteiger partial charge in [0.25, 0.3) is 0 Å². The van der Waals surface area contributed by atoms with Crippen LogP contribution in [0, 0.1) is 40.4 Å². The summed E-state index contributed by atoms with van der Waals surface area (Å²) in [6.45, 7) is 2.26. The summed E-state index contributed by atoms with van der Waals surface area (Å²) in [5.41, 5.74) is 1.70. The van der Waals surface area contributed by atoms with Gasteiger partial charge in [-0.25, -0.2) is 0 Å². The maximum absolute atomic E-state index is 13.2. The van der Waals surface area contributed by atoms with Gasteiger partial charge in [0.1, 0.15) is 11.1 Å². The van der Waals surface area contributed by atoms with Crippen molar-refractivity contribution in [2.75, 3.05) is 5.32 Å². The molecule has 6 heteroatoms. The van der Waals surface area contributed by atoms with E-state index in [1.54, 1.807) is 11.3 Å². The maximum atomic E-state index is 13.2. The van der Waals surface area contributed by atoms with Crippen LogP contribution >= 0.6 is 23.6 Å². The second-order valence-electron chi connectivity index (χ2n) is 9.77. The van der Waals surface area contributed by atoms with E-state index < -0.39 is 0 Å². The van der Waals surface area contributed by atoms with E-state index in [0.29, 0.717) is 11.0 Å². The Morgan fingerprint density at radius 3 is 2.46 bits per heavy atom. The van der Waals surface area contributed by atoms with Gasteiger partial charge >= 0.3 is 0 Å². The molecule has 148 valence electrons. The summed E-state index contributed by atoms with van der Waals surface area (Å²) >= 11 is 7.13. The first-order valence-electron chi connectivity index (χ1n) is 10.6. The van der Waals surface area contributed by atoms with Crippen molar-refractivity contribution in [1.29, 1.82) is 5.26 Å². The van der Waals surface area contributed by atoms with Crippen LogP contribution in [0.25, 0.3) is 0 Å². The van der Waals surface area contributed by atoms with Crippen LogP contribution in [-0.4, -0.2) is 11.0 Å². The third-order valence-corrected chi connectivity index (χ3v) is 8.97. The molecular weight excluding hydrogens is 386 g/mol. The molecule has 4 bridgehead atoms. The molecule has 1 heterocycles. The Hall–Kier alpha value is -1.45. The van der Waals surface area contributed by atoms with E-state index in [0.717, 1.165) is 66.8 Å². The number of nitrogens with one attached hydrogen (secondary N) is 2. The zero-order chi connectivity index (χ0) is 19.5. The standard InChI is InChI=1S/C22H27N3OS2/c1-12-2-3-16-17(11-23)19(28-18(16)4-12)24-21(27)25-20(26)22-8-13-5-14(9-22)7-15(6-13)10-22/h12-15H,2-10H2,1H3,(H2,24,25,26,27)/t12-,13?,14?,15?,22?/m0/s1. The molecule has 4 saturated carbocycles. The van der Waals surface area contributed by atoms with E-state index in [9.17, 15) is 10.1 Å². The van der Waals surface area contributed by atoms with Gasteiger partial charge in [-0.1, -0.05) is 6.92 Å². The number of thiocarbonyl (C=S) groups is 1.